The molecule has 1 aliphatic rings. The summed E-state index contributed by atoms with van der Waals surface area (Å²) in [5.74, 6) is 0. The maximum Gasteiger partial charge on any atom is 0.0248 e. The van der Waals surface area contributed by atoms with Crippen molar-refractivity contribution in [2.24, 2.45) is 10.8 Å². The summed E-state index contributed by atoms with van der Waals surface area (Å²) in [5.41, 5.74) is 0.882. The molecule has 1 saturated carbocycles. The lowest BCUT2D eigenvalue weighted by Crippen LogP contribution is -2.52. The Morgan fingerprint density at radius 2 is 1.00 bits per heavy atom. The molecule has 22 heavy (non-hydrogen) atoms. The molecule has 0 aromatic carbocycles. The third kappa shape index (κ3) is 7.46. The summed E-state index contributed by atoms with van der Waals surface area (Å²) in [4.78, 5) is 5.31. The Balaban J connectivity index is 2.58. The van der Waals surface area contributed by atoms with Crippen LogP contribution in [0.4, 0.5) is 0 Å². The van der Waals surface area contributed by atoms with Gasteiger partial charge in [0, 0.05) is 12.1 Å². The van der Waals surface area contributed by atoms with Crippen LogP contribution < -0.4 is 0 Å². The minimum absolute atomic E-state index is 0.441. The van der Waals surface area contributed by atoms with E-state index in [1.54, 1.807) is 0 Å². The van der Waals surface area contributed by atoms with Crippen LogP contribution in [0.3, 0.4) is 0 Å². The van der Waals surface area contributed by atoms with Crippen molar-refractivity contribution in [2.45, 2.75) is 92.2 Å². The molecular weight excluding hydrogens is 268 g/mol. The van der Waals surface area contributed by atoms with Crippen LogP contribution in [0.5, 0.6) is 0 Å². The summed E-state index contributed by atoms with van der Waals surface area (Å²) >= 11 is 0. The fraction of sp³-hybridized carbons (Fsp3) is 1.00. The molecule has 0 bridgehead atoms. The molecule has 1 unspecified atom stereocenters. The van der Waals surface area contributed by atoms with Gasteiger partial charge in [0.05, 0.1) is 0 Å². The standard InChI is InChI=1S/C20H42N2/c1-19(2,3)13-15-21(7)17-11-9-10-12-18(17)22(8)16-14-20(4,5)6/h17-18H,9-16H2,1-8H3/t17-,18?/m1/s1. The van der Waals surface area contributed by atoms with E-state index in [1.807, 2.05) is 0 Å². The molecule has 0 amide bonds. The largest absolute Gasteiger partial charge is 0.302 e. The van der Waals surface area contributed by atoms with Gasteiger partial charge >= 0.3 is 0 Å². The van der Waals surface area contributed by atoms with Crippen molar-refractivity contribution in [1.29, 1.82) is 0 Å². The predicted octanol–water partition coefficient (Wildman–Crippen LogP) is 5.03. The van der Waals surface area contributed by atoms with Crippen molar-refractivity contribution in [3.63, 3.8) is 0 Å². The van der Waals surface area contributed by atoms with Crippen molar-refractivity contribution in [3.05, 3.63) is 0 Å². The van der Waals surface area contributed by atoms with E-state index in [-0.39, 0.29) is 0 Å². The fourth-order valence-electron chi connectivity index (χ4n) is 3.48. The van der Waals surface area contributed by atoms with Crippen LogP contribution >= 0.6 is 0 Å². The highest BCUT2D eigenvalue weighted by atomic mass is 15.2. The first-order valence-electron chi connectivity index (χ1n) is 9.40. The Morgan fingerprint density at radius 1 is 0.682 bits per heavy atom. The summed E-state index contributed by atoms with van der Waals surface area (Å²) in [6.07, 6.45) is 8.16. The zero-order valence-electron chi connectivity index (χ0n) is 16.7. The summed E-state index contributed by atoms with van der Waals surface area (Å²) in [7, 11) is 4.71. The van der Waals surface area contributed by atoms with E-state index in [0.29, 0.717) is 10.8 Å². The Bertz CT molecular complexity index is 279. The highest BCUT2D eigenvalue weighted by Gasteiger charge is 2.31. The van der Waals surface area contributed by atoms with Crippen molar-refractivity contribution >= 4 is 0 Å². The van der Waals surface area contributed by atoms with Gasteiger partial charge in [0.25, 0.3) is 0 Å². The molecule has 0 heterocycles. The van der Waals surface area contributed by atoms with Crippen molar-refractivity contribution in [3.8, 4) is 0 Å². The predicted molar refractivity (Wildman–Crippen MR) is 99.4 cm³/mol. The quantitative estimate of drug-likeness (QED) is 0.678. The van der Waals surface area contributed by atoms with Gasteiger partial charge in [-0.25, -0.2) is 0 Å². The van der Waals surface area contributed by atoms with Crippen LogP contribution in [0.1, 0.15) is 80.1 Å². The number of rotatable bonds is 6. The van der Waals surface area contributed by atoms with Crippen LogP contribution in [-0.4, -0.2) is 49.1 Å². The van der Waals surface area contributed by atoms with Gasteiger partial charge in [0.1, 0.15) is 0 Å². The van der Waals surface area contributed by atoms with Gasteiger partial charge in [0.2, 0.25) is 0 Å². The van der Waals surface area contributed by atoms with Crippen LogP contribution in [0.15, 0.2) is 0 Å². The second kappa shape index (κ2) is 8.15. The SMILES string of the molecule is CN(CCC(C)(C)C)C1CCCC[C@H]1N(C)CCC(C)(C)C. The minimum atomic E-state index is 0.441. The first-order valence-corrected chi connectivity index (χ1v) is 9.40. The molecule has 0 radical (unpaired) electrons. The minimum Gasteiger partial charge on any atom is -0.302 e. The molecule has 2 atom stereocenters. The van der Waals surface area contributed by atoms with E-state index in [2.05, 4.69) is 65.4 Å². The van der Waals surface area contributed by atoms with Crippen LogP contribution in [0.25, 0.3) is 0 Å². The average molecular weight is 311 g/mol. The zero-order valence-corrected chi connectivity index (χ0v) is 16.7. The molecule has 2 heteroatoms. The lowest BCUT2D eigenvalue weighted by molar-refractivity contribution is 0.0655. The Hall–Kier alpha value is -0.0800. The molecule has 0 aliphatic heterocycles. The third-order valence-corrected chi connectivity index (χ3v) is 5.26. The molecule has 1 rings (SSSR count). The van der Waals surface area contributed by atoms with Gasteiger partial charge in [-0.05, 0) is 63.7 Å². The lowest BCUT2D eigenvalue weighted by Gasteiger charge is -2.43. The molecular formula is C20H42N2. The Kier molecular flexibility index (Phi) is 7.39. The van der Waals surface area contributed by atoms with Gasteiger partial charge in [-0.1, -0.05) is 54.4 Å². The number of nitrogens with zero attached hydrogens (tertiary/aromatic N) is 2. The van der Waals surface area contributed by atoms with Gasteiger partial charge in [-0.2, -0.15) is 0 Å². The van der Waals surface area contributed by atoms with Crippen molar-refractivity contribution in [1.82, 2.24) is 9.80 Å². The third-order valence-electron chi connectivity index (χ3n) is 5.26. The van der Waals surface area contributed by atoms with Gasteiger partial charge in [0.15, 0.2) is 0 Å². The van der Waals surface area contributed by atoms with E-state index in [0.717, 1.165) is 12.1 Å². The molecule has 1 fully saturated rings. The van der Waals surface area contributed by atoms with Gasteiger partial charge < -0.3 is 9.80 Å². The highest BCUT2D eigenvalue weighted by Crippen LogP contribution is 2.29. The number of likely N-dealkylation sites (N-methyl/N-ethyl adjacent to an activating group) is 2. The van der Waals surface area contributed by atoms with E-state index in [4.69, 9.17) is 0 Å². The first-order chi connectivity index (χ1) is 9.99. The summed E-state index contributed by atoms with van der Waals surface area (Å²) in [6, 6.07) is 1.50. The molecule has 0 N–H and O–H groups in total. The van der Waals surface area contributed by atoms with E-state index >= 15 is 0 Å². The van der Waals surface area contributed by atoms with E-state index < -0.39 is 0 Å². The molecule has 1 aliphatic carbocycles. The topological polar surface area (TPSA) is 6.48 Å². The van der Waals surface area contributed by atoms with Crippen molar-refractivity contribution < 1.29 is 0 Å². The second-order valence-electron chi connectivity index (χ2n) is 10.0. The maximum absolute atomic E-state index is 2.66. The molecule has 132 valence electrons. The van der Waals surface area contributed by atoms with E-state index in [9.17, 15) is 0 Å². The maximum atomic E-state index is 2.66. The smallest absolute Gasteiger partial charge is 0.0248 e. The van der Waals surface area contributed by atoms with Crippen LogP contribution in [0, 0.1) is 10.8 Å². The van der Waals surface area contributed by atoms with Gasteiger partial charge in [-0.3, -0.25) is 0 Å². The molecule has 0 spiro atoms. The Labute approximate surface area is 140 Å². The van der Waals surface area contributed by atoms with Gasteiger partial charge in [-0.15, -0.1) is 0 Å². The summed E-state index contributed by atoms with van der Waals surface area (Å²) < 4.78 is 0. The van der Waals surface area contributed by atoms with Crippen LogP contribution in [-0.2, 0) is 0 Å². The number of hydrogen-bond donors (Lipinski definition) is 0. The normalized spacial score (nSPS) is 24.3. The summed E-state index contributed by atoms with van der Waals surface area (Å²) in [6.45, 7) is 16.6. The van der Waals surface area contributed by atoms with Crippen molar-refractivity contribution in [2.75, 3.05) is 27.2 Å². The molecule has 0 saturated heterocycles. The second-order valence-corrected chi connectivity index (χ2v) is 10.0. The highest BCUT2D eigenvalue weighted by molar-refractivity contribution is 4.88. The number of hydrogen-bond acceptors (Lipinski definition) is 2. The molecule has 0 aromatic heterocycles. The average Bonchev–Trinajstić information content (AvgIpc) is 2.40. The van der Waals surface area contributed by atoms with Crippen LogP contribution in [0.2, 0.25) is 0 Å². The molecule has 0 aromatic rings. The first kappa shape index (κ1) is 20.0. The zero-order chi connectivity index (χ0) is 17.0. The fourth-order valence-corrected chi connectivity index (χ4v) is 3.48. The summed E-state index contributed by atoms with van der Waals surface area (Å²) in [5, 5.41) is 0. The monoisotopic (exact) mass is 310 g/mol. The molecule has 2 nitrogen and oxygen atoms in total. The lowest BCUT2D eigenvalue weighted by atomic mass is 9.86. The Morgan fingerprint density at radius 3 is 1.27 bits per heavy atom. The van der Waals surface area contributed by atoms with E-state index in [1.165, 1.54) is 51.6 Å².